The Bertz CT molecular complexity index is 449. The molecule has 0 bridgehead atoms. The summed E-state index contributed by atoms with van der Waals surface area (Å²) < 4.78 is 15.2. The lowest BCUT2D eigenvalue weighted by molar-refractivity contribution is 0.207. The highest BCUT2D eigenvalue weighted by molar-refractivity contribution is 9.10. The molecule has 21 heavy (non-hydrogen) atoms. The summed E-state index contributed by atoms with van der Waals surface area (Å²) in [6, 6.07) is 5.66. The lowest BCUT2D eigenvalue weighted by atomic mass is 9.75. The molecule has 0 spiro atoms. The van der Waals surface area contributed by atoms with Crippen molar-refractivity contribution >= 4 is 15.9 Å². The van der Waals surface area contributed by atoms with E-state index < -0.39 is 0 Å². The van der Waals surface area contributed by atoms with Crippen LogP contribution in [0.4, 0.5) is 4.39 Å². The second kappa shape index (κ2) is 8.28. The summed E-state index contributed by atoms with van der Waals surface area (Å²) >= 11 is 3.35. The van der Waals surface area contributed by atoms with Crippen LogP contribution in [0.3, 0.4) is 0 Å². The fourth-order valence-corrected chi connectivity index (χ4v) is 3.92. The van der Waals surface area contributed by atoms with Gasteiger partial charge < -0.3 is 5.32 Å². The lowest BCUT2D eigenvalue weighted by Gasteiger charge is -2.35. The van der Waals surface area contributed by atoms with Gasteiger partial charge in [-0.1, -0.05) is 55.1 Å². The first kappa shape index (κ1) is 17.0. The Morgan fingerprint density at radius 1 is 1.33 bits per heavy atom. The molecule has 1 saturated carbocycles. The maximum Gasteiger partial charge on any atom is 0.129 e. The molecule has 1 N–H and O–H groups in total. The van der Waals surface area contributed by atoms with Gasteiger partial charge in [-0.3, -0.25) is 0 Å². The Labute approximate surface area is 136 Å². The van der Waals surface area contributed by atoms with Crippen molar-refractivity contribution in [2.45, 2.75) is 58.4 Å². The predicted molar refractivity (Wildman–Crippen MR) is 90.9 cm³/mol. The van der Waals surface area contributed by atoms with Crippen LogP contribution in [0.25, 0.3) is 0 Å². The average molecular weight is 356 g/mol. The van der Waals surface area contributed by atoms with Crippen molar-refractivity contribution in [2.75, 3.05) is 6.54 Å². The van der Waals surface area contributed by atoms with E-state index in [1.54, 1.807) is 6.07 Å². The van der Waals surface area contributed by atoms with Crippen molar-refractivity contribution in [1.82, 2.24) is 5.32 Å². The van der Waals surface area contributed by atoms with E-state index in [2.05, 4.69) is 35.1 Å². The SMILES string of the molecule is CCCNC(c1ccc(Br)cc1F)C1CCCC(CC)C1. The van der Waals surface area contributed by atoms with Crippen LogP contribution in [0.2, 0.25) is 0 Å². The molecule has 118 valence electrons. The first-order valence-corrected chi connectivity index (χ1v) is 9.13. The largest absolute Gasteiger partial charge is 0.310 e. The Morgan fingerprint density at radius 2 is 2.14 bits per heavy atom. The van der Waals surface area contributed by atoms with Crippen molar-refractivity contribution in [3.8, 4) is 0 Å². The zero-order chi connectivity index (χ0) is 15.2. The highest BCUT2D eigenvalue weighted by Gasteiger charge is 2.29. The third-order valence-electron chi connectivity index (χ3n) is 4.78. The van der Waals surface area contributed by atoms with Crippen LogP contribution in [-0.2, 0) is 0 Å². The second-order valence-corrected chi connectivity index (χ2v) is 7.21. The van der Waals surface area contributed by atoms with Gasteiger partial charge in [-0.25, -0.2) is 4.39 Å². The molecule has 1 aliphatic carbocycles. The molecule has 0 heterocycles. The Balaban J connectivity index is 2.20. The zero-order valence-electron chi connectivity index (χ0n) is 13.2. The van der Waals surface area contributed by atoms with Gasteiger partial charge in [0.15, 0.2) is 0 Å². The van der Waals surface area contributed by atoms with Gasteiger partial charge in [-0.2, -0.15) is 0 Å². The van der Waals surface area contributed by atoms with Gasteiger partial charge in [-0.05, 0) is 49.8 Å². The predicted octanol–water partition coefficient (Wildman–Crippen LogP) is 5.85. The fourth-order valence-electron chi connectivity index (χ4n) is 3.59. The lowest BCUT2D eigenvalue weighted by Crippen LogP contribution is -2.32. The van der Waals surface area contributed by atoms with E-state index in [0.29, 0.717) is 5.92 Å². The van der Waals surface area contributed by atoms with E-state index in [0.717, 1.165) is 28.9 Å². The Kier molecular flexibility index (Phi) is 6.69. The minimum absolute atomic E-state index is 0.0865. The Morgan fingerprint density at radius 3 is 2.81 bits per heavy atom. The number of nitrogens with one attached hydrogen (secondary N) is 1. The third-order valence-corrected chi connectivity index (χ3v) is 5.28. The summed E-state index contributed by atoms with van der Waals surface area (Å²) in [6.45, 7) is 5.40. The van der Waals surface area contributed by atoms with E-state index in [1.807, 2.05) is 12.1 Å². The molecule has 0 amide bonds. The first-order valence-electron chi connectivity index (χ1n) is 8.34. The van der Waals surface area contributed by atoms with Crippen LogP contribution in [0.15, 0.2) is 22.7 Å². The zero-order valence-corrected chi connectivity index (χ0v) is 14.8. The molecule has 0 aliphatic heterocycles. The van der Waals surface area contributed by atoms with E-state index >= 15 is 0 Å². The summed E-state index contributed by atoms with van der Waals surface area (Å²) in [4.78, 5) is 0. The Hall–Kier alpha value is -0.410. The summed E-state index contributed by atoms with van der Waals surface area (Å²) in [5.41, 5.74) is 0.841. The molecule has 0 aromatic heterocycles. The fraction of sp³-hybridized carbons (Fsp3) is 0.667. The van der Waals surface area contributed by atoms with E-state index in [-0.39, 0.29) is 11.9 Å². The average Bonchev–Trinajstić information content (AvgIpc) is 2.49. The molecule has 1 nitrogen and oxygen atoms in total. The molecular weight excluding hydrogens is 329 g/mol. The quantitative estimate of drug-likeness (QED) is 0.675. The van der Waals surface area contributed by atoms with Gasteiger partial charge in [0, 0.05) is 16.1 Å². The highest BCUT2D eigenvalue weighted by Crippen LogP contribution is 2.39. The van der Waals surface area contributed by atoms with Gasteiger partial charge in [0.05, 0.1) is 0 Å². The van der Waals surface area contributed by atoms with Gasteiger partial charge in [0.25, 0.3) is 0 Å². The van der Waals surface area contributed by atoms with Gasteiger partial charge in [-0.15, -0.1) is 0 Å². The minimum Gasteiger partial charge on any atom is -0.310 e. The molecule has 0 radical (unpaired) electrons. The van der Waals surface area contributed by atoms with Crippen molar-refractivity contribution in [3.63, 3.8) is 0 Å². The minimum atomic E-state index is -0.0865. The molecule has 3 atom stereocenters. The standard InChI is InChI=1S/C18H27BrFN/c1-3-10-21-18(14-7-5-6-13(4-2)11-14)16-9-8-15(19)12-17(16)20/h8-9,12-14,18,21H,3-7,10-11H2,1-2H3. The molecule has 3 heteroatoms. The van der Waals surface area contributed by atoms with E-state index in [9.17, 15) is 4.39 Å². The molecule has 1 aromatic rings. The van der Waals surface area contributed by atoms with Crippen LogP contribution < -0.4 is 5.32 Å². The first-order chi connectivity index (χ1) is 10.2. The van der Waals surface area contributed by atoms with E-state index in [4.69, 9.17) is 0 Å². The monoisotopic (exact) mass is 355 g/mol. The molecular formula is C18H27BrFN. The number of rotatable bonds is 6. The van der Waals surface area contributed by atoms with Crippen LogP contribution in [0.1, 0.15) is 64.0 Å². The van der Waals surface area contributed by atoms with Crippen molar-refractivity contribution in [3.05, 3.63) is 34.1 Å². The summed E-state index contributed by atoms with van der Waals surface area (Å²) in [5.74, 6) is 1.29. The van der Waals surface area contributed by atoms with Crippen molar-refractivity contribution in [2.24, 2.45) is 11.8 Å². The highest BCUT2D eigenvalue weighted by atomic mass is 79.9. The second-order valence-electron chi connectivity index (χ2n) is 6.30. The molecule has 0 saturated heterocycles. The van der Waals surface area contributed by atoms with Crippen LogP contribution in [0, 0.1) is 17.7 Å². The number of hydrogen-bond donors (Lipinski definition) is 1. The van der Waals surface area contributed by atoms with Gasteiger partial charge in [0.1, 0.15) is 5.82 Å². The molecule has 1 aromatic carbocycles. The third kappa shape index (κ3) is 4.53. The molecule has 3 unspecified atom stereocenters. The molecule has 1 fully saturated rings. The van der Waals surface area contributed by atoms with Gasteiger partial charge in [0.2, 0.25) is 0 Å². The summed E-state index contributed by atoms with van der Waals surface area (Å²) in [7, 11) is 0. The van der Waals surface area contributed by atoms with Crippen molar-refractivity contribution in [1.29, 1.82) is 0 Å². The number of benzene rings is 1. The maximum absolute atomic E-state index is 14.4. The number of hydrogen-bond acceptors (Lipinski definition) is 1. The topological polar surface area (TPSA) is 12.0 Å². The maximum atomic E-state index is 14.4. The normalized spacial score (nSPS) is 24.0. The van der Waals surface area contributed by atoms with Gasteiger partial charge >= 0.3 is 0 Å². The summed E-state index contributed by atoms with van der Waals surface area (Å²) in [6.07, 6.45) is 7.40. The van der Waals surface area contributed by atoms with E-state index in [1.165, 1.54) is 32.1 Å². The smallest absolute Gasteiger partial charge is 0.129 e. The molecule has 2 rings (SSSR count). The molecule has 1 aliphatic rings. The van der Waals surface area contributed by atoms with Crippen LogP contribution in [0.5, 0.6) is 0 Å². The summed E-state index contributed by atoms with van der Waals surface area (Å²) in [5, 5.41) is 3.61. The number of halogens is 2. The van der Waals surface area contributed by atoms with Crippen LogP contribution in [-0.4, -0.2) is 6.54 Å². The van der Waals surface area contributed by atoms with Crippen molar-refractivity contribution < 1.29 is 4.39 Å². The van der Waals surface area contributed by atoms with Crippen LogP contribution >= 0.6 is 15.9 Å².